The van der Waals surface area contributed by atoms with Crippen LogP contribution in [0.25, 0.3) is 0 Å². The van der Waals surface area contributed by atoms with Gasteiger partial charge in [0.05, 0.1) is 49.9 Å². The highest BCUT2D eigenvalue weighted by Crippen LogP contribution is 2.42. The maximum Gasteiger partial charge on any atom is 0.338 e. The van der Waals surface area contributed by atoms with E-state index in [1.54, 1.807) is 5.38 Å². The first-order valence-electron chi connectivity index (χ1n) is 13.6. The van der Waals surface area contributed by atoms with Gasteiger partial charge in [0, 0.05) is 23.8 Å². The number of carbonyl (C=O) groups is 2. The lowest BCUT2D eigenvalue weighted by Crippen LogP contribution is -2.51. The number of aliphatic hydroxyl groups excluding tert-OH is 1. The summed E-state index contributed by atoms with van der Waals surface area (Å²) in [6.07, 6.45) is 0.00611. The zero-order valence-electron chi connectivity index (χ0n) is 24.2. The smallest absolute Gasteiger partial charge is 0.338 e. The predicted molar refractivity (Wildman–Crippen MR) is 149 cm³/mol. The summed E-state index contributed by atoms with van der Waals surface area (Å²) in [6.45, 7) is 2.25. The average Bonchev–Trinajstić information content (AvgIpc) is 3.70. The zero-order valence-corrected chi connectivity index (χ0v) is 25.0. The number of thiazole rings is 1. The van der Waals surface area contributed by atoms with Crippen LogP contribution < -0.4 is 5.32 Å². The third kappa shape index (κ3) is 5.60. The number of hydrogen-bond donors (Lipinski definition) is 3. The van der Waals surface area contributed by atoms with Crippen LogP contribution in [-0.2, 0) is 19.2 Å². The van der Waals surface area contributed by atoms with Crippen molar-refractivity contribution in [2.75, 3.05) is 33.4 Å². The fourth-order valence-electron chi connectivity index (χ4n) is 5.61. The second-order valence-electron chi connectivity index (χ2n) is 11.4. The average molecular weight is 642 g/mol. The predicted octanol–water partition coefficient (Wildman–Crippen LogP) is 2.65. The number of esters is 1. The first-order chi connectivity index (χ1) is 20.7. The van der Waals surface area contributed by atoms with Gasteiger partial charge in [-0.3, -0.25) is 19.5 Å². The van der Waals surface area contributed by atoms with Gasteiger partial charge in [0.2, 0.25) is 0 Å². The highest BCUT2D eigenvalue weighted by molar-refractivity contribution is 7.11. The van der Waals surface area contributed by atoms with E-state index in [1.807, 2.05) is 0 Å². The molecule has 238 valence electrons. The number of benzene rings is 1. The van der Waals surface area contributed by atoms with Gasteiger partial charge in [-0.15, -0.1) is 11.3 Å². The molecule has 0 spiro atoms. The molecule has 1 aromatic heterocycles. The summed E-state index contributed by atoms with van der Waals surface area (Å²) in [6, 6.07) is -1.40. The number of aliphatic hydroxyl groups is 1. The Bertz CT molecular complexity index is 1520. The van der Waals surface area contributed by atoms with Crippen LogP contribution in [-0.4, -0.2) is 100 Å². The van der Waals surface area contributed by atoms with E-state index in [0.717, 1.165) is 18.2 Å². The molecular weight excluding hydrogens is 610 g/mol. The van der Waals surface area contributed by atoms with Crippen molar-refractivity contribution in [1.29, 1.82) is 0 Å². The third-order valence-electron chi connectivity index (χ3n) is 8.34. The number of nitrogens with one attached hydrogen (secondary N) is 1. The van der Waals surface area contributed by atoms with Crippen molar-refractivity contribution in [3.05, 3.63) is 62.7 Å². The molecule has 11 nitrogen and oxygen atoms in total. The third-order valence-corrected chi connectivity index (χ3v) is 9.12. The molecule has 0 radical (unpaired) electrons. The molecule has 0 aliphatic carbocycles. The van der Waals surface area contributed by atoms with E-state index < -0.39 is 72.2 Å². The number of hydroxylamine groups is 2. The SMILES string of the molecule is COC(=O)C1=C(CN2CC(F)(F)[C@H]3[C@@H]2CON3C[C@H](O)C(C)(C)C(=O)O)NC(c2nccs2)=N[C@H]1c1ccc(F)c(F)c1C. The molecular formula is C28H31F4N5O6S. The molecule has 0 saturated carbocycles. The summed E-state index contributed by atoms with van der Waals surface area (Å²) in [7, 11) is 1.13. The van der Waals surface area contributed by atoms with E-state index in [-0.39, 0.29) is 41.4 Å². The Morgan fingerprint density at radius 3 is 2.68 bits per heavy atom. The van der Waals surface area contributed by atoms with Gasteiger partial charge in [-0.2, -0.15) is 5.06 Å². The number of fused-ring (bicyclic) bond motifs is 1. The van der Waals surface area contributed by atoms with Crippen molar-refractivity contribution in [2.24, 2.45) is 10.4 Å². The quantitative estimate of drug-likeness (QED) is 0.277. The fraction of sp³-hybridized carbons (Fsp3) is 0.500. The number of aliphatic carboxylic acids is 1. The molecule has 0 unspecified atom stereocenters. The molecule has 3 aliphatic rings. The monoisotopic (exact) mass is 641 g/mol. The number of hydrogen-bond acceptors (Lipinski definition) is 11. The number of amidine groups is 1. The molecule has 3 aliphatic heterocycles. The first kappa shape index (κ1) is 32.0. The first-order valence-corrected chi connectivity index (χ1v) is 14.5. The number of methoxy groups -OCH3 is 1. The number of nitrogens with zero attached hydrogens (tertiary/aromatic N) is 4. The Hall–Kier alpha value is -3.44. The van der Waals surface area contributed by atoms with Crippen LogP contribution >= 0.6 is 11.3 Å². The molecule has 0 amide bonds. The number of alkyl halides is 2. The van der Waals surface area contributed by atoms with E-state index in [9.17, 15) is 28.6 Å². The zero-order chi connectivity index (χ0) is 32.1. The maximum atomic E-state index is 15.6. The van der Waals surface area contributed by atoms with Crippen LogP contribution in [0.1, 0.15) is 36.0 Å². The molecule has 2 aromatic rings. The Balaban J connectivity index is 1.51. The fourth-order valence-corrected chi connectivity index (χ4v) is 6.19. The minimum atomic E-state index is -3.35. The van der Waals surface area contributed by atoms with Gasteiger partial charge >= 0.3 is 11.9 Å². The summed E-state index contributed by atoms with van der Waals surface area (Å²) in [5, 5.41) is 26.1. The number of likely N-dealkylation sites (tertiary alicyclic amines) is 1. The van der Waals surface area contributed by atoms with E-state index >= 15 is 8.78 Å². The van der Waals surface area contributed by atoms with E-state index in [1.165, 1.54) is 49.3 Å². The number of aromatic nitrogens is 1. The number of β-amino-alcohol motifs (C(OH)–C–C–N with tert-alkyl or cyclic N) is 1. The molecule has 44 heavy (non-hydrogen) atoms. The second kappa shape index (κ2) is 11.8. The molecule has 5 rings (SSSR count). The van der Waals surface area contributed by atoms with Gasteiger partial charge < -0.3 is 20.3 Å². The van der Waals surface area contributed by atoms with E-state index in [0.29, 0.717) is 5.01 Å². The molecule has 1 aromatic carbocycles. The lowest BCUT2D eigenvalue weighted by molar-refractivity contribution is -0.202. The lowest BCUT2D eigenvalue weighted by atomic mass is 9.86. The van der Waals surface area contributed by atoms with Crippen LogP contribution in [0.3, 0.4) is 0 Å². The summed E-state index contributed by atoms with van der Waals surface area (Å²) in [4.78, 5) is 40.6. The van der Waals surface area contributed by atoms with Crippen LogP contribution in [0.15, 0.2) is 40.0 Å². The van der Waals surface area contributed by atoms with Gasteiger partial charge in [0.15, 0.2) is 22.5 Å². The van der Waals surface area contributed by atoms with Crippen molar-refractivity contribution in [3.63, 3.8) is 0 Å². The molecule has 4 atom stereocenters. The Kier molecular flexibility index (Phi) is 8.58. The van der Waals surface area contributed by atoms with Gasteiger partial charge in [0.1, 0.15) is 12.1 Å². The number of carbonyl (C=O) groups excluding carboxylic acids is 1. The minimum Gasteiger partial charge on any atom is -0.481 e. The van der Waals surface area contributed by atoms with Crippen molar-refractivity contribution < 1.29 is 46.9 Å². The van der Waals surface area contributed by atoms with Crippen LogP contribution in [0, 0.1) is 24.0 Å². The number of ether oxygens (including phenoxy) is 1. The van der Waals surface area contributed by atoms with Gasteiger partial charge in [-0.1, -0.05) is 6.07 Å². The van der Waals surface area contributed by atoms with Crippen molar-refractivity contribution in [1.82, 2.24) is 20.3 Å². The molecule has 4 heterocycles. The van der Waals surface area contributed by atoms with Gasteiger partial charge in [-0.05, 0) is 38.0 Å². The summed E-state index contributed by atoms with van der Waals surface area (Å²) < 4.78 is 64.9. The number of aliphatic imine (C=N–C) groups is 1. The van der Waals surface area contributed by atoms with Crippen LogP contribution in [0.2, 0.25) is 0 Å². The Morgan fingerprint density at radius 1 is 1.32 bits per heavy atom. The van der Waals surface area contributed by atoms with Crippen molar-refractivity contribution in [3.8, 4) is 0 Å². The van der Waals surface area contributed by atoms with Gasteiger partial charge in [0.25, 0.3) is 5.92 Å². The maximum absolute atomic E-state index is 15.6. The molecule has 2 fully saturated rings. The van der Waals surface area contributed by atoms with Crippen LogP contribution in [0.4, 0.5) is 17.6 Å². The molecule has 16 heteroatoms. The van der Waals surface area contributed by atoms with Gasteiger partial charge in [-0.25, -0.2) is 27.3 Å². The number of halogens is 4. The normalized spacial score (nSPS) is 24.6. The number of carboxylic acids is 1. The molecule has 2 saturated heterocycles. The standard InChI is InChI=1S/C28H31F4N5O6S/c1-13-14(5-6-15(29)20(13)30)21-19(25(39)42-4)16(34-23(35-21)24-33-7-8-44-24)9-36-12-28(31,32)22-17(36)11-43-37(22)10-18(38)27(2,3)26(40)41/h5-8,17-18,21-22,38H,9-12H2,1-4H3,(H,34,35)(H,40,41)/t17-,18-,21-,22+/m0/s1. The second-order valence-corrected chi connectivity index (χ2v) is 12.3. The Morgan fingerprint density at radius 2 is 2.05 bits per heavy atom. The Labute approximate surface area is 253 Å². The number of carboxylic acid groups (broad SMARTS) is 1. The van der Waals surface area contributed by atoms with Crippen LogP contribution in [0.5, 0.6) is 0 Å². The summed E-state index contributed by atoms with van der Waals surface area (Å²) in [5.74, 6) is -7.50. The van der Waals surface area contributed by atoms with E-state index in [4.69, 9.17) is 9.57 Å². The highest BCUT2D eigenvalue weighted by atomic mass is 32.1. The van der Waals surface area contributed by atoms with E-state index in [2.05, 4.69) is 15.3 Å². The lowest BCUT2D eigenvalue weighted by Gasteiger charge is -2.32. The molecule has 3 N–H and O–H groups in total. The number of rotatable bonds is 9. The minimum absolute atomic E-state index is 0.0805. The largest absolute Gasteiger partial charge is 0.481 e. The van der Waals surface area contributed by atoms with Crippen molar-refractivity contribution in [2.45, 2.75) is 50.9 Å². The highest BCUT2D eigenvalue weighted by Gasteiger charge is 2.61. The summed E-state index contributed by atoms with van der Waals surface area (Å²) >= 11 is 1.22. The molecule has 0 bridgehead atoms. The van der Waals surface area contributed by atoms with Crippen molar-refractivity contribution >= 4 is 29.1 Å². The summed E-state index contributed by atoms with van der Waals surface area (Å²) in [5.41, 5.74) is -1.47. The topological polar surface area (TPSA) is 137 Å².